The van der Waals surface area contributed by atoms with Crippen molar-refractivity contribution >= 4 is 0 Å². The van der Waals surface area contributed by atoms with Gasteiger partial charge in [-0.2, -0.15) is 0 Å². The van der Waals surface area contributed by atoms with E-state index < -0.39 is 0 Å². The van der Waals surface area contributed by atoms with E-state index in [0.717, 1.165) is 19.3 Å². The zero-order valence-corrected chi connectivity index (χ0v) is 7.38. The smallest absolute Gasteiger partial charge is 0.0645 e. The molecule has 3 heterocycles. The summed E-state index contributed by atoms with van der Waals surface area (Å²) in [6, 6.07) is 0.748. The van der Waals surface area contributed by atoms with Gasteiger partial charge in [-0.05, 0) is 19.4 Å². The minimum Gasteiger partial charge on any atom is -0.378 e. The average Bonchev–Trinajstić information content (AvgIpc) is 2.30. The lowest BCUT2D eigenvalue weighted by Crippen LogP contribution is -2.71. The second-order valence-corrected chi connectivity index (χ2v) is 4.41. The Bertz CT molecular complexity index is 177. The molecule has 0 radical (unpaired) electrons. The lowest BCUT2D eigenvalue weighted by molar-refractivity contribution is -0.111. The fourth-order valence-electron chi connectivity index (χ4n) is 2.56. The van der Waals surface area contributed by atoms with Crippen molar-refractivity contribution in [2.45, 2.75) is 24.4 Å². The van der Waals surface area contributed by atoms with Gasteiger partial charge in [0.25, 0.3) is 0 Å². The number of rotatable bonds is 1. The van der Waals surface area contributed by atoms with E-state index in [1.54, 1.807) is 0 Å². The van der Waals surface area contributed by atoms with Gasteiger partial charge >= 0.3 is 0 Å². The van der Waals surface area contributed by atoms with E-state index >= 15 is 0 Å². The molecule has 0 aliphatic carbocycles. The van der Waals surface area contributed by atoms with Crippen molar-refractivity contribution in [2.75, 3.05) is 32.8 Å². The van der Waals surface area contributed by atoms with Crippen molar-refractivity contribution < 1.29 is 4.74 Å². The zero-order chi connectivity index (χ0) is 8.02. The van der Waals surface area contributed by atoms with Gasteiger partial charge in [-0.25, -0.2) is 0 Å². The highest BCUT2D eigenvalue weighted by Gasteiger charge is 2.48. The Balaban J connectivity index is 1.56. The zero-order valence-electron chi connectivity index (χ0n) is 7.38. The molecule has 0 bridgehead atoms. The van der Waals surface area contributed by atoms with Crippen molar-refractivity contribution in [1.82, 2.24) is 10.2 Å². The summed E-state index contributed by atoms with van der Waals surface area (Å²) >= 11 is 0. The summed E-state index contributed by atoms with van der Waals surface area (Å²) in [5, 5.41) is 3.62. The first kappa shape index (κ1) is 7.30. The summed E-state index contributed by atoms with van der Waals surface area (Å²) < 4.78 is 5.18. The molecule has 3 heteroatoms. The Morgan fingerprint density at radius 2 is 2.17 bits per heavy atom. The summed E-state index contributed by atoms with van der Waals surface area (Å²) in [7, 11) is 0. The van der Waals surface area contributed by atoms with Crippen molar-refractivity contribution in [3.63, 3.8) is 0 Å². The molecule has 12 heavy (non-hydrogen) atoms. The van der Waals surface area contributed by atoms with Gasteiger partial charge < -0.3 is 10.1 Å². The summed E-state index contributed by atoms with van der Waals surface area (Å²) in [4.78, 5) is 2.56. The van der Waals surface area contributed by atoms with Gasteiger partial charge in [0.15, 0.2) is 0 Å². The first-order valence-electron chi connectivity index (χ1n) is 4.95. The average molecular weight is 168 g/mol. The molecule has 3 rings (SSSR count). The molecule has 0 saturated carbocycles. The van der Waals surface area contributed by atoms with Crippen LogP contribution in [0.2, 0.25) is 0 Å². The van der Waals surface area contributed by atoms with Gasteiger partial charge in [-0.1, -0.05) is 0 Å². The quantitative estimate of drug-likeness (QED) is 0.588. The summed E-state index contributed by atoms with van der Waals surface area (Å²) in [6.45, 7) is 5.70. The van der Waals surface area contributed by atoms with Crippen LogP contribution in [0.3, 0.4) is 0 Å². The van der Waals surface area contributed by atoms with E-state index in [1.165, 1.54) is 32.5 Å². The molecule has 0 unspecified atom stereocenters. The van der Waals surface area contributed by atoms with E-state index in [9.17, 15) is 0 Å². The van der Waals surface area contributed by atoms with Gasteiger partial charge in [-0.15, -0.1) is 0 Å². The van der Waals surface area contributed by atoms with Crippen molar-refractivity contribution in [3.05, 3.63) is 0 Å². The van der Waals surface area contributed by atoms with Crippen LogP contribution in [-0.4, -0.2) is 49.3 Å². The minimum absolute atomic E-state index is 0.523. The van der Waals surface area contributed by atoms with Gasteiger partial charge in [-0.3, -0.25) is 4.90 Å². The molecule has 1 N–H and O–H groups in total. The predicted octanol–water partition coefficient (Wildman–Crippen LogP) is -0.177. The van der Waals surface area contributed by atoms with Crippen molar-refractivity contribution in [2.24, 2.45) is 0 Å². The molecular formula is C9H16N2O. The molecule has 3 aliphatic heterocycles. The number of nitrogens with zero attached hydrogens (tertiary/aromatic N) is 1. The monoisotopic (exact) mass is 168 g/mol. The second-order valence-electron chi connectivity index (χ2n) is 4.41. The maximum Gasteiger partial charge on any atom is 0.0645 e. The molecule has 3 saturated heterocycles. The molecule has 0 amide bonds. The topological polar surface area (TPSA) is 24.5 Å². The van der Waals surface area contributed by atoms with E-state index in [4.69, 9.17) is 4.74 Å². The Morgan fingerprint density at radius 1 is 1.33 bits per heavy atom. The molecule has 1 spiro atoms. The molecule has 0 aromatic carbocycles. The number of ether oxygens (including phenoxy) is 1. The summed E-state index contributed by atoms with van der Waals surface area (Å²) in [5.74, 6) is 0. The molecule has 3 fully saturated rings. The van der Waals surface area contributed by atoms with Crippen LogP contribution >= 0.6 is 0 Å². The minimum atomic E-state index is 0.523. The van der Waals surface area contributed by atoms with Gasteiger partial charge in [0.1, 0.15) is 0 Å². The Kier molecular flexibility index (Phi) is 1.48. The molecular weight excluding hydrogens is 152 g/mol. The molecule has 0 aromatic heterocycles. The fraction of sp³-hybridized carbons (Fsp3) is 1.00. The lowest BCUT2D eigenvalue weighted by Gasteiger charge is -2.53. The molecule has 0 atom stereocenters. The summed E-state index contributed by atoms with van der Waals surface area (Å²) in [5.41, 5.74) is 0.523. The SMILES string of the molecule is C1CNC2(C1)CN(C1COC1)C2. The van der Waals surface area contributed by atoms with Crippen LogP contribution in [-0.2, 0) is 4.74 Å². The number of hydrogen-bond donors (Lipinski definition) is 1. The van der Waals surface area contributed by atoms with Crippen LogP contribution in [0.15, 0.2) is 0 Å². The highest BCUT2D eigenvalue weighted by molar-refractivity contribution is 5.07. The van der Waals surface area contributed by atoms with E-state index in [1.807, 2.05) is 0 Å². The Hall–Kier alpha value is -0.120. The van der Waals surface area contributed by atoms with Crippen LogP contribution < -0.4 is 5.32 Å². The first-order chi connectivity index (χ1) is 5.88. The largest absolute Gasteiger partial charge is 0.378 e. The first-order valence-corrected chi connectivity index (χ1v) is 4.95. The number of likely N-dealkylation sites (tertiary alicyclic amines) is 1. The van der Waals surface area contributed by atoms with E-state index in [-0.39, 0.29) is 0 Å². The van der Waals surface area contributed by atoms with Gasteiger partial charge in [0.2, 0.25) is 0 Å². The molecule has 68 valence electrons. The molecule has 0 aromatic rings. The maximum atomic E-state index is 5.18. The number of hydrogen-bond acceptors (Lipinski definition) is 3. The highest BCUT2D eigenvalue weighted by atomic mass is 16.5. The van der Waals surface area contributed by atoms with Crippen molar-refractivity contribution in [1.29, 1.82) is 0 Å². The third-order valence-electron chi connectivity index (χ3n) is 3.48. The van der Waals surface area contributed by atoms with E-state index in [2.05, 4.69) is 10.2 Å². The summed E-state index contributed by atoms with van der Waals surface area (Å²) in [6.07, 6.45) is 2.76. The van der Waals surface area contributed by atoms with Crippen LogP contribution in [0.25, 0.3) is 0 Å². The molecule has 3 aliphatic rings. The second kappa shape index (κ2) is 2.44. The van der Waals surface area contributed by atoms with Gasteiger partial charge in [0.05, 0.1) is 19.3 Å². The van der Waals surface area contributed by atoms with Crippen LogP contribution in [0.5, 0.6) is 0 Å². The predicted molar refractivity (Wildman–Crippen MR) is 46.1 cm³/mol. The van der Waals surface area contributed by atoms with E-state index in [0.29, 0.717) is 5.54 Å². The number of nitrogens with one attached hydrogen (secondary N) is 1. The van der Waals surface area contributed by atoms with Crippen LogP contribution in [0.1, 0.15) is 12.8 Å². The Labute approximate surface area is 73.1 Å². The lowest BCUT2D eigenvalue weighted by atomic mass is 9.86. The normalized spacial score (nSPS) is 35.0. The highest BCUT2D eigenvalue weighted by Crippen LogP contribution is 2.32. The van der Waals surface area contributed by atoms with Crippen LogP contribution in [0, 0.1) is 0 Å². The molecule has 3 nitrogen and oxygen atoms in total. The third-order valence-corrected chi connectivity index (χ3v) is 3.48. The third kappa shape index (κ3) is 0.934. The van der Waals surface area contributed by atoms with Crippen molar-refractivity contribution in [3.8, 4) is 0 Å². The van der Waals surface area contributed by atoms with Gasteiger partial charge in [0, 0.05) is 18.6 Å². The fourth-order valence-corrected chi connectivity index (χ4v) is 2.56. The Morgan fingerprint density at radius 3 is 2.67 bits per heavy atom. The maximum absolute atomic E-state index is 5.18. The van der Waals surface area contributed by atoms with Crippen LogP contribution in [0.4, 0.5) is 0 Å². The standard InChI is InChI=1S/C9H16N2O/c1-2-9(10-3-1)6-11(7-9)8-4-12-5-8/h8,10H,1-7H2.